The molecule has 0 radical (unpaired) electrons. The first kappa shape index (κ1) is 27.3. The van der Waals surface area contributed by atoms with E-state index in [4.69, 9.17) is 14.5 Å². The first-order valence-corrected chi connectivity index (χ1v) is 14.1. The fraction of sp³-hybridized carbons (Fsp3) is 0.483. The highest BCUT2D eigenvalue weighted by atomic mass is 19.1. The van der Waals surface area contributed by atoms with Gasteiger partial charge >= 0.3 is 0 Å². The fourth-order valence-electron chi connectivity index (χ4n) is 6.06. The molecule has 1 saturated heterocycles. The van der Waals surface area contributed by atoms with Gasteiger partial charge in [-0.05, 0) is 63.7 Å². The lowest BCUT2D eigenvalue weighted by atomic mass is 9.73. The zero-order chi connectivity index (χ0) is 28.6. The number of fused-ring (bicyclic) bond motifs is 1. The standard InChI is InChI=1S/C29H35FN8O3/c1-17-12-24(37-36-17)34-23-13-20-8-11-41-27(20)26(35-23)19-6-9-29(40-3,10-7-19)28(39)33-18(2)21-4-5-25(31-14-21)38-16-22(30)15-32-38/h4-5,12-16,18-20,27H,6-11H2,1-3H3,(H,33,39)(H2,34,36,37)/t18-,19?,20?,27?,29?/m0/s1. The maximum absolute atomic E-state index is 13.6. The van der Waals surface area contributed by atoms with Crippen LogP contribution in [-0.4, -0.2) is 62.0 Å². The van der Waals surface area contributed by atoms with Gasteiger partial charge in [-0.1, -0.05) is 6.07 Å². The van der Waals surface area contributed by atoms with Crippen LogP contribution in [0.5, 0.6) is 0 Å². The van der Waals surface area contributed by atoms with E-state index in [1.807, 2.05) is 26.0 Å². The molecule has 0 bridgehead atoms. The SMILES string of the molecule is COC1(C(=O)N[C@@H](C)c2ccc(-n3cc(F)cn3)nc2)CCC(C2=NC(Nc3cc(C)[nH]n3)=CC3CCOC23)CC1. The van der Waals surface area contributed by atoms with Crippen molar-refractivity contribution in [3.05, 3.63) is 65.8 Å². The number of H-pyrrole nitrogens is 1. The molecular weight excluding hydrogens is 527 g/mol. The summed E-state index contributed by atoms with van der Waals surface area (Å²) in [6, 6.07) is 5.26. The predicted molar refractivity (Wildman–Crippen MR) is 150 cm³/mol. The molecule has 0 spiro atoms. The second kappa shape index (κ2) is 11.2. The van der Waals surface area contributed by atoms with Crippen molar-refractivity contribution in [2.75, 3.05) is 19.0 Å². The van der Waals surface area contributed by atoms with Crippen LogP contribution in [0.1, 0.15) is 56.3 Å². The number of hydrogen-bond donors (Lipinski definition) is 3. The van der Waals surface area contributed by atoms with Gasteiger partial charge in [-0.25, -0.2) is 19.0 Å². The highest BCUT2D eigenvalue weighted by Gasteiger charge is 2.46. The summed E-state index contributed by atoms with van der Waals surface area (Å²) in [4.78, 5) is 22.9. The maximum Gasteiger partial charge on any atom is 0.252 e. The summed E-state index contributed by atoms with van der Waals surface area (Å²) in [5, 5.41) is 17.6. The van der Waals surface area contributed by atoms with Crippen LogP contribution in [0, 0.1) is 24.6 Å². The monoisotopic (exact) mass is 562 g/mol. The van der Waals surface area contributed by atoms with Gasteiger partial charge in [0, 0.05) is 43.5 Å². The van der Waals surface area contributed by atoms with Crippen LogP contribution in [0.15, 0.2) is 53.7 Å². The zero-order valence-corrected chi connectivity index (χ0v) is 23.4. The fourth-order valence-corrected chi connectivity index (χ4v) is 6.06. The van der Waals surface area contributed by atoms with Crippen LogP contribution in [-0.2, 0) is 14.3 Å². The molecule has 1 saturated carbocycles. The van der Waals surface area contributed by atoms with E-state index in [1.165, 1.54) is 10.9 Å². The average molecular weight is 563 g/mol. The molecule has 3 atom stereocenters. The van der Waals surface area contributed by atoms with Gasteiger partial charge in [0.15, 0.2) is 17.5 Å². The summed E-state index contributed by atoms with van der Waals surface area (Å²) in [6.45, 7) is 4.58. The van der Waals surface area contributed by atoms with Gasteiger partial charge in [0.25, 0.3) is 5.91 Å². The van der Waals surface area contributed by atoms with Gasteiger partial charge in [-0.15, -0.1) is 0 Å². The highest BCUT2D eigenvalue weighted by Crippen LogP contribution is 2.40. The average Bonchev–Trinajstić information content (AvgIpc) is 3.74. The molecule has 12 heteroatoms. The molecule has 0 aromatic carbocycles. The second-order valence-corrected chi connectivity index (χ2v) is 11.1. The van der Waals surface area contributed by atoms with Gasteiger partial charge in [0.2, 0.25) is 0 Å². The van der Waals surface area contributed by atoms with Crippen molar-refractivity contribution in [2.45, 2.75) is 63.7 Å². The molecule has 5 heterocycles. The number of aliphatic imine (C=N–C) groups is 1. The summed E-state index contributed by atoms with van der Waals surface area (Å²) in [6.07, 6.45) is 9.84. The molecule has 1 aliphatic carbocycles. The molecule has 3 aromatic rings. The number of aryl methyl sites for hydroxylation is 1. The maximum atomic E-state index is 13.6. The van der Waals surface area contributed by atoms with Gasteiger partial charge < -0.3 is 20.1 Å². The smallest absolute Gasteiger partial charge is 0.252 e. The Morgan fingerprint density at radius 1 is 1.27 bits per heavy atom. The topological polar surface area (TPSA) is 131 Å². The quantitative estimate of drug-likeness (QED) is 0.378. The number of amides is 1. The van der Waals surface area contributed by atoms with Gasteiger partial charge in [-0.2, -0.15) is 10.2 Å². The predicted octanol–water partition coefficient (Wildman–Crippen LogP) is 4.00. The van der Waals surface area contributed by atoms with Gasteiger partial charge in [0.05, 0.1) is 24.1 Å². The van der Waals surface area contributed by atoms with Crippen LogP contribution in [0.25, 0.3) is 5.82 Å². The van der Waals surface area contributed by atoms with Crippen molar-refractivity contribution in [3.8, 4) is 5.82 Å². The summed E-state index contributed by atoms with van der Waals surface area (Å²) in [5.74, 6) is 1.93. The molecule has 3 aliphatic rings. The molecule has 3 aromatic heterocycles. The lowest BCUT2D eigenvalue weighted by molar-refractivity contribution is -0.148. The number of aromatic amines is 1. The summed E-state index contributed by atoms with van der Waals surface area (Å²) < 4.78 is 26.7. The number of nitrogens with zero attached hydrogens (tertiary/aromatic N) is 5. The van der Waals surface area contributed by atoms with E-state index in [0.717, 1.165) is 54.1 Å². The molecule has 6 rings (SSSR count). The van der Waals surface area contributed by atoms with Gasteiger partial charge in [0.1, 0.15) is 17.5 Å². The number of nitrogens with one attached hydrogen (secondary N) is 3. The molecule has 1 amide bonds. The Labute approximate surface area is 237 Å². The van der Waals surface area contributed by atoms with Crippen molar-refractivity contribution >= 4 is 17.4 Å². The molecular formula is C29H35FN8O3. The van der Waals surface area contributed by atoms with Crippen molar-refractivity contribution in [2.24, 2.45) is 16.8 Å². The largest absolute Gasteiger partial charge is 0.372 e. The number of anilines is 1. The number of methoxy groups -OCH3 is 1. The first-order valence-electron chi connectivity index (χ1n) is 14.1. The van der Waals surface area contributed by atoms with Crippen molar-refractivity contribution in [1.29, 1.82) is 0 Å². The Morgan fingerprint density at radius 3 is 2.76 bits per heavy atom. The third kappa shape index (κ3) is 5.53. The molecule has 3 N–H and O–H groups in total. The number of carbonyl (C=O) groups is 1. The Balaban J connectivity index is 1.11. The molecule has 216 valence electrons. The van der Waals surface area contributed by atoms with Crippen LogP contribution in [0.2, 0.25) is 0 Å². The molecule has 11 nitrogen and oxygen atoms in total. The number of carbonyl (C=O) groups excluding carboxylic acids is 1. The van der Waals surface area contributed by atoms with Crippen molar-refractivity contribution < 1.29 is 18.7 Å². The molecule has 2 unspecified atom stereocenters. The Morgan fingerprint density at radius 2 is 2.10 bits per heavy atom. The van der Waals surface area contributed by atoms with E-state index < -0.39 is 11.4 Å². The van der Waals surface area contributed by atoms with Crippen molar-refractivity contribution in [3.63, 3.8) is 0 Å². The molecule has 41 heavy (non-hydrogen) atoms. The van der Waals surface area contributed by atoms with E-state index in [1.54, 1.807) is 19.4 Å². The van der Waals surface area contributed by atoms with Crippen molar-refractivity contribution in [1.82, 2.24) is 30.3 Å². The number of aromatic nitrogens is 5. The minimum absolute atomic E-state index is 0.0240. The lowest BCUT2D eigenvalue weighted by Crippen LogP contribution is -2.52. The summed E-state index contributed by atoms with van der Waals surface area (Å²) >= 11 is 0. The van der Waals surface area contributed by atoms with Crippen LogP contribution in [0.3, 0.4) is 0 Å². The number of rotatable bonds is 8. The minimum atomic E-state index is -0.917. The normalized spacial score (nSPS) is 26.6. The third-order valence-corrected chi connectivity index (χ3v) is 8.43. The first-order chi connectivity index (χ1) is 19.8. The Bertz CT molecular complexity index is 1450. The number of hydrogen-bond acceptors (Lipinski definition) is 8. The number of ether oxygens (including phenoxy) is 2. The molecule has 2 fully saturated rings. The third-order valence-electron chi connectivity index (χ3n) is 8.43. The van der Waals surface area contributed by atoms with E-state index in [2.05, 4.69) is 37.0 Å². The lowest BCUT2D eigenvalue weighted by Gasteiger charge is -2.40. The Hall–Kier alpha value is -3.90. The van der Waals surface area contributed by atoms with E-state index in [0.29, 0.717) is 25.3 Å². The highest BCUT2D eigenvalue weighted by molar-refractivity contribution is 5.94. The van der Waals surface area contributed by atoms with E-state index >= 15 is 0 Å². The van der Waals surface area contributed by atoms with Gasteiger partial charge in [-0.3, -0.25) is 9.89 Å². The molecule has 2 aliphatic heterocycles. The van der Waals surface area contributed by atoms with Crippen LogP contribution in [0.4, 0.5) is 10.2 Å². The Kier molecular flexibility index (Phi) is 7.43. The number of halogens is 1. The van der Waals surface area contributed by atoms with E-state index in [-0.39, 0.29) is 29.9 Å². The summed E-state index contributed by atoms with van der Waals surface area (Å²) in [5.41, 5.74) is 1.94. The minimum Gasteiger partial charge on any atom is -0.372 e. The van der Waals surface area contributed by atoms with E-state index in [9.17, 15) is 9.18 Å². The number of pyridine rings is 1. The zero-order valence-electron chi connectivity index (χ0n) is 23.4. The second-order valence-electron chi connectivity index (χ2n) is 11.1. The summed E-state index contributed by atoms with van der Waals surface area (Å²) in [7, 11) is 1.61. The van der Waals surface area contributed by atoms with Crippen LogP contribution >= 0.6 is 0 Å². The van der Waals surface area contributed by atoms with Crippen LogP contribution < -0.4 is 10.6 Å².